The van der Waals surface area contributed by atoms with Crippen LogP contribution in [-0.2, 0) is 9.59 Å². The quantitative estimate of drug-likeness (QED) is 0.248. The van der Waals surface area contributed by atoms with Gasteiger partial charge in [0.05, 0.1) is 11.6 Å². The van der Waals surface area contributed by atoms with E-state index in [1.54, 1.807) is 18.0 Å². The van der Waals surface area contributed by atoms with Crippen LogP contribution in [0, 0.1) is 12.7 Å². The van der Waals surface area contributed by atoms with Crippen LogP contribution >= 0.6 is 0 Å². The van der Waals surface area contributed by atoms with E-state index in [-0.39, 0.29) is 11.3 Å². The number of carbonyl (C=O) groups excluding carboxylic acids is 2. The van der Waals surface area contributed by atoms with Crippen LogP contribution in [0.25, 0.3) is 16.7 Å². The first kappa shape index (κ1) is 20.8. The highest BCUT2D eigenvalue weighted by Gasteiger charge is 2.46. The van der Waals surface area contributed by atoms with Gasteiger partial charge in [-0.05, 0) is 43.2 Å². The van der Waals surface area contributed by atoms with E-state index in [1.165, 1.54) is 18.2 Å². The number of likely N-dealkylation sites (tertiary alicyclic amines) is 1. The molecule has 1 aromatic heterocycles. The minimum atomic E-state index is -0.716. The summed E-state index contributed by atoms with van der Waals surface area (Å²) in [5.74, 6) is -2.02. The van der Waals surface area contributed by atoms with E-state index in [9.17, 15) is 19.1 Å². The summed E-state index contributed by atoms with van der Waals surface area (Å²) in [5.41, 5.74) is 2.35. The summed E-state index contributed by atoms with van der Waals surface area (Å²) in [6, 6.07) is 11.1. The van der Waals surface area contributed by atoms with Gasteiger partial charge in [0.15, 0.2) is 0 Å². The topological polar surface area (TPSA) is 73.4 Å². The van der Waals surface area contributed by atoms with Crippen LogP contribution < -0.4 is 0 Å². The predicted octanol–water partition coefficient (Wildman–Crippen LogP) is 5.23. The Kier molecular flexibility index (Phi) is 5.63. The summed E-state index contributed by atoms with van der Waals surface area (Å²) >= 11 is 0. The van der Waals surface area contributed by atoms with E-state index >= 15 is 0 Å². The van der Waals surface area contributed by atoms with Crippen LogP contribution in [0.3, 0.4) is 0 Å². The van der Waals surface area contributed by atoms with E-state index in [1.807, 2.05) is 24.3 Å². The van der Waals surface area contributed by atoms with Crippen LogP contribution in [-0.4, -0.2) is 33.2 Å². The molecular formula is C25H25FN2O3. The number of unbranched alkanes of at least 4 members (excludes halogenated alkanes) is 2. The third-order valence-corrected chi connectivity index (χ3v) is 5.89. The molecule has 1 unspecified atom stereocenters. The third-order valence-electron chi connectivity index (χ3n) is 5.89. The number of aryl methyl sites for hydroxylation is 1. The molecule has 1 atom stereocenters. The number of aliphatic hydroxyl groups excluding tert-OH is 1. The number of amides is 1. The Hall–Kier alpha value is -3.41. The summed E-state index contributed by atoms with van der Waals surface area (Å²) in [6.45, 7) is 4.08. The van der Waals surface area contributed by atoms with Crippen molar-refractivity contribution in [3.63, 3.8) is 0 Å². The van der Waals surface area contributed by atoms with Gasteiger partial charge in [0, 0.05) is 34.8 Å². The van der Waals surface area contributed by atoms with Gasteiger partial charge in [-0.1, -0.05) is 38.0 Å². The Bertz CT molecular complexity index is 1190. The van der Waals surface area contributed by atoms with Crippen molar-refractivity contribution in [2.45, 2.75) is 39.2 Å². The van der Waals surface area contributed by atoms with E-state index in [2.05, 4.69) is 11.9 Å². The van der Waals surface area contributed by atoms with Crippen molar-refractivity contribution in [2.24, 2.45) is 0 Å². The number of carbonyl (C=O) groups is 2. The minimum Gasteiger partial charge on any atom is -0.507 e. The van der Waals surface area contributed by atoms with Crippen molar-refractivity contribution in [1.29, 1.82) is 0 Å². The van der Waals surface area contributed by atoms with Crippen molar-refractivity contribution in [3.05, 3.63) is 76.7 Å². The first-order chi connectivity index (χ1) is 14.9. The second kappa shape index (κ2) is 8.38. The lowest BCUT2D eigenvalue weighted by atomic mass is 9.94. The summed E-state index contributed by atoms with van der Waals surface area (Å²) in [6.07, 6.45) is 4.46. The Morgan fingerprint density at radius 1 is 1.16 bits per heavy atom. The summed E-state index contributed by atoms with van der Waals surface area (Å²) in [5, 5.41) is 12.0. The van der Waals surface area contributed by atoms with Crippen molar-refractivity contribution in [1.82, 2.24) is 9.88 Å². The lowest BCUT2D eigenvalue weighted by molar-refractivity contribution is -0.139. The fourth-order valence-electron chi connectivity index (χ4n) is 4.23. The first-order valence-corrected chi connectivity index (χ1v) is 10.5. The monoisotopic (exact) mass is 420 g/mol. The first-order valence-electron chi connectivity index (χ1n) is 10.5. The maximum absolute atomic E-state index is 13.8. The molecule has 31 heavy (non-hydrogen) atoms. The molecule has 1 aliphatic heterocycles. The molecule has 0 aliphatic carbocycles. The smallest absolute Gasteiger partial charge is 0.295 e. The Morgan fingerprint density at radius 2 is 1.94 bits per heavy atom. The number of H-pyrrole nitrogens is 1. The molecule has 2 heterocycles. The van der Waals surface area contributed by atoms with Crippen molar-refractivity contribution in [2.75, 3.05) is 6.54 Å². The standard InChI is InChI=1S/C25H25FN2O3/c1-3-4-7-12-28-22(18-14-27-20-9-6-5-8-17(18)20)21(24(30)25(28)31)23(29)16-10-11-19(26)15(2)13-16/h5-6,8-11,13-14,22,27,29H,3-4,7,12H2,1-2H3/b23-21+. The number of aromatic nitrogens is 1. The zero-order valence-corrected chi connectivity index (χ0v) is 17.6. The maximum Gasteiger partial charge on any atom is 0.295 e. The minimum absolute atomic E-state index is 0.0391. The van der Waals surface area contributed by atoms with Crippen LogP contribution in [0.2, 0.25) is 0 Å². The molecule has 5 nitrogen and oxygen atoms in total. The number of hydrogen-bond acceptors (Lipinski definition) is 3. The lowest BCUT2D eigenvalue weighted by Gasteiger charge is -2.25. The van der Waals surface area contributed by atoms with E-state index in [0.717, 1.165) is 35.7 Å². The number of nitrogens with zero attached hydrogens (tertiary/aromatic N) is 1. The molecule has 1 saturated heterocycles. The van der Waals surface area contributed by atoms with Gasteiger partial charge in [-0.2, -0.15) is 0 Å². The Labute approximate surface area is 180 Å². The number of hydrogen-bond donors (Lipinski definition) is 2. The predicted molar refractivity (Wildman–Crippen MR) is 118 cm³/mol. The molecule has 1 aliphatic rings. The fourth-order valence-corrected chi connectivity index (χ4v) is 4.23. The molecule has 0 spiro atoms. The molecule has 0 bridgehead atoms. The van der Waals surface area contributed by atoms with Crippen molar-refractivity contribution >= 4 is 28.4 Å². The SMILES string of the molecule is CCCCCN1C(=O)C(=O)/C(=C(/O)c2ccc(F)c(C)c2)C1c1c[nH]c2ccccc12. The fraction of sp³-hybridized carbons (Fsp3) is 0.280. The van der Waals surface area contributed by atoms with Gasteiger partial charge in [-0.15, -0.1) is 0 Å². The molecule has 0 saturated carbocycles. The summed E-state index contributed by atoms with van der Waals surface area (Å²) in [4.78, 5) is 30.8. The molecule has 1 amide bonds. The molecule has 2 N–H and O–H groups in total. The molecule has 2 aromatic carbocycles. The Morgan fingerprint density at radius 3 is 2.68 bits per heavy atom. The molecule has 3 aromatic rings. The number of para-hydroxylation sites is 1. The number of benzene rings is 2. The van der Waals surface area contributed by atoms with Gasteiger partial charge in [-0.3, -0.25) is 9.59 Å². The van der Waals surface area contributed by atoms with Crippen LogP contribution in [0.5, 0.6) is 0 Å². The zero-order valence-electron chi connectivity index (χ0n) is 17.6. The average Bonchev–Trinajstić information content (AvgIpc) is 3.29. The summed E-state index contributed by atoms with van der Waals surface area (Å²) < 4.78 is 13.8. The van der Waals surface area contributed by atoms with Gasteiger partial charge in [-0.25, -0.2) is 4.39 Å². The summed E-state index contributed by atoms with van der Waals surface area (Å²) in [7, 11) is 0. The van der Waals surface area contributed by atoms with E-state index in [4.69, 9.17) is 0 Å². The normalized spacial score (nSPS) is 18.3. The molecule has 0 radical (unpaired) electrons. The number of halogens is 1. The second-order valence-corrected chi connectivity index (χ2v) is 7.95. The largest absolute Gasteiger partial charge is 0.507 e. The highest BCUT2D eigenvalue weighted by Crippen LogP contribution is 2.42. The van der Waals surface area contributed by atoms with Gasteiger partial charge in [0.25, 0.3) is 11.7 Å². The van der Waals surface area contributed by atoms with Crippen LogP contribution in [0.15, 0.2) is 54.2 Å². The number of aromatic amines is 1. The van der Waals surface area contributed by atoms with Crippen LogP contribution in [0.4, 0.5) is 4.39 Å². The molecule has 4 rings (SSSR count). The van der Waals surface area contributed by atoms with Gasteiger partial charge in [0.1, 0.15) is 11.6 Å². The number of ketones is 1. The van der Waals surface area contributed by atoms with Crippen molar-refractivity contribution in [3.8, 4) is 0 Å². The van der Waals surface area contributed by atoms with E-state index < -0.39 is 23.5 Å². The molecule has 6 heteroatoms. The number of Topliss-reactive ketones (excluding diaryl/α,β-unsaturated/α-hetero) is 1. The lowest BCUT2D eigenvalue weighted by Crippen LogP contribution is -2.30. The van der Waals surface area contributed by atoms with Crippen molar-refractivity contribution < 1.29 is 19.1 Å². The number of fused-ring (bicyclic) bond motifs is 1. The van der Waals surface area contributed by atoms with Gasteiger partial charge in [0.2, 0.25) is 0 Å². The van der Waals surface area contributed by atoms with Crippen LogP contribution in [0.1, 0.15) is 48.9 Å². The maximum atomic E-state index is 13.8. The molecule has 1 fully saturated rings. The number of aliphatic hydroxyl groups is 1. The van der Waals surface area contributed by atoms with E-state index in [0.29, 0.717) is 17.7 Å². The highest BCUT2D eigenvalue weighted by molar-refractivity contribution is 6.46. The average molecular weight is 420 g/mol. The number of nitrogens with one attached hydrogen (secondary N) is 1. The van der Waals surface area contributed by atoms with Gasteiger partial charge >= 0.3 is 0 Å². The second-order valence-electron chi connectivity index (χ2n) is 7.95. The zero-order chi connectivity index (χ0) is 22.1. The molecular weight excluding hydrogens is 395 g/mol. The Balaban J connectivity index is 1.89. The highest BCUT2D eigenvalue weighted by atomic mass is 19.1. The third kappa shape index (κ3) is 3.63. The van der Waals surface area contributed by atoms with Gasteiger partial charge < -0.3 is 15.0 Å². The number of rotatable bonds is 6. The molecule has 160 valence electrons.